The van der Waals surface area contributed by atoms with Crippen LogP contribution < -0.4 is 10.4 Å². The molecule has 0 saturated heterocycles. The first-order chi connectivity index (χ1) is 13.2. The highest BCUT2D eigenvalue weighted by Gasteiger charge is 2.18. The molecule has 140 valence electrons. The van der Waals surface area contributed by atoms with E-state index >= 15 is 0 Å². The summed E-state index contributed by atoms with van der Waals surface area (Å²) < 4.78 is 6.04. The van der Waals surface area contributed by atoms with Crippen molar-refractivity contribution in [1.29, 1.82) is 0 Å². The maximum Gasteiger partial charge on any atom is 0.101 e. The number of ether oxygens (including phenoxy) is 1. The Kier molecular flexibility index (Phi) is 5.28. The third-order valence-electron chi connectivity index (χ3n) is 4.88. The Labute approximate surface area is 160 Å². The highest BCUT2D eigenvalue weighted by molar-refractivity contribution is 5.65. The molecule has 27 heavy (non-hydrogen) atoms. The first kappa shape index (κ1) is 17.8. The monoisotopic (exact) mass is 362 g/mol. The second-order valence-electron chi connectivity index (χ2n) is 7.31. The summed E-state index contributed by atoms with van der Waals surface area (Å²) in [6.07, 6.45) is 5.17. The van der Waals surface area contributed by atoms with Crippen LogP contribution in [-0.4, -0.2) is 43.8 Å². The van der Waals surface area contributed by atoms with Gasteiger partial charge in [-0.05, 0) is 42.1 Å². The van der Waals surface area contributed by atoms with Crippen LogP contribution in [0.1, 0.15) is 11.1 Å². The third kappa shape index (κ3) is 4.24. The zero-order valence-corrected chi connectivity index (χ0v) is 16.0. The van der Waals surface area contributed by atoms with Gasteiger partial charge in [0.25, 0.3) is 0 Å². The lowest BCUT2D eigenvalue weighted by Crippen LogP contribution is -2.42. The minimum absolute atomic E-state index is 0.565. The van der Waals surface area contributed by atoms with Crippen molar-refractivity contribution in [2.45, 2.75) is 13.0 Å². The average molecular weight is 362 g/mol. The smallest absolute Gasteiger partial charge is 0.101 e. The molecule has 4 rings (SSSR count). The summed E-state index contributed by atoms with van der Waals surface area (Å²) in [5, 5.41) is 4.50. The molecule has 2 aliphatic rings. The number of hydrogen-bond acceptors (Lipinski definition) is 4. The molecule has 0 fully saturated rings. The van der Waals surface area contributed by atoms with E-state index in [1.807, 2.05) is 23.3 Å². The van der Waals surface area contributed by atoms with Crippen LogP contribution in [0.25, 0.3) is 11.8 Å². The summed E-state index contributed by atoms with van der Waals surface area (Å²) in [5.41, 5.74) is 3.77. The molecular weight excluding hydrogens is 336 g/mol. The third-order valence-corrected chi connectivity index (χ3v) is 4.88. The van der Waals surface area contributed by atoms with Crippen LogP contribution in [0.3, 0.4) is 0 Å². The van der Waals surface area contributed by atoms with E-state index in [0.717, 1.165) is 25.3 Å². The summed E-state index contributed by atoms with van der Waals surface area (Å²) >= 11 is 0. The van der Waals surface area contributed by atoms with Gasteiger partial charge < -0.3 is 9.64 Å². The molecule has 2 aromatic rings. The van der Waals surface area contributed by atoms with E-state index in [1.54, 1.807) is 0 Å². The first-order valence-corrected chi connectivity index (χ1v) is 9.43. The van der Waals surface area contributed by atoms with Crippen LogP contribution in [0.5, 0.6) is 0 Å². The van der Waals surface area contributed by atoms with Gasteiger partial charge in [0.1, 0.15) is 12.4 Å². The molecule has 0 atom stereocenters. The minimum atomic E-state index is 0.565. The van der Waals surface area contributed by atoms with Crippen LogP contribution in [0.15, 0.2) is 60.4 Å². The van der Waals surface area contributed by atoms with Gasteiger partial charge in [0.2, 0.25) is 0 Å². The standard InChI is InChI=1S/C23H26N2O2/c1-24(2)11-12-26-22-13-19-9-6-10-20-15-25(16-21(14-22)23(19)20)27-17-18-7-4-3-5-8-18/h3-10,14-15H,11-13,16-17H2,1-2H3. The van der Waals surface area contributed by atoms with Crippen LogP contribution in [-0.2, 0) is 22.6 Å². The summed E-state index contributed by atoms with van der Waals surface area (Å²) in [6.45, 7) is 2.92. The fourth-order valence-electron chi connectivity index (χ4n) is 3.53. The number of rotatable bonds is 7. The predicted molar refractivity (Wildman–Crippen MR) is 108 cm³/mol. The van der Waals surface area contributed by atoms with Crippen molar-refractivity contribution in [2.75, 3.05) is 33.8 Å². The first-order valence-electron chi connectivity index (χ1n) is 9.43. The van der Waals surface area contributed by atoms with E-state index in [1.165, 1.54) is 27.1 Å². The number of likely N-dealkylation sites (N-methyl/N-ethyl adjacent to an activating group) is 1. The number of nitrogens with zero attached hydrogens (tertiary/aromatic N) is 2. The molecule has 1 heterocycles. The molecule has 0 amide bonds. The van der Waals surface area contributed by atoms with Crippen molar-refractivity contribution in [2.24, 2.45) is 0 Å². The Bertz CT molecular complexity index is 948. The fourth-order valence-corrected chi connectivity index (χ4v) is 3.53. The quantitative estimate of drug-likeness (QED) is 0.753. The Balaban J connectivity index is 1.53. The van der Waals surface area contributed by atoms with Gasteiger partial charge in [-0.15, -0.1) is 0 Å². The van der Waals surface area contributed by atoms with E-state index in [-0.39, 0.29) is 0 Å². The van der Waals surface area contributed by atoms with Gasteiger partial charge in [-0.3, -0.25) is 9.90 Å². The van der Waals surface area contributed by atoms with Crippen molar-refractivity contribution in [1.82, 2.24) is 9.96 Å². The van der Waals surface area contributed by atoms with E-state index < -0.39 is 0 Å². The molecule has 0 aromatic heterocycles. The van der Waals surface area contributed by atoms with E-state index in [4.69, 9.17) is 9.57 Å². The van der Waals surface area contributed by atoms with E-state index in [9.17, 15) is 0 Å². The second-order valence-corrected chi connectivity index (χ2v) is 7.31. The second kappa shape index (κ2) is 7.99. The van der Waals surface area contributed by atoms with Crippen LogP contribution >= 0.6 is 0 Å². The molecule has 4 heteroatoms. The van der Waals surface area contributed by atoms with Crippen molar-refractivity contribution in [3.63, 3.8) is 0 Å². The SMILES string of the molecule is CN(C)CCOC1=CC2=c3c(cccc3=CN(OCc3ccccc3)C2)C1. The molecule has 0 unspecified atom stereocenters. The predicted octanol–water partition coefficient (Wildman–Crippen LogP) is 2.04. The maximum absolute atomic E-state index is 6.05. The molecule has 4 nitrogen and oxygen atoms in total. The van der Waals surface area contributed by atoms with Gasteiger partial charge in [-0.25, -0.2) is 0 Å². The van der Waals surface area contributed by atoms with Crippen LogP contribution in [0.2, 0.25) is 0 Å². The Morgan fingerprint density at radius 2 is 1.89 bits per heavy atom. The normalized spacial score (nSPS) is 15.3. The van der Waals surface area contributed by atoms with Gasteiger partial charge in [0, 0.05) is 24.4 Å². The highest BCUT2D eigenvalue weighted by atomic mass is 16.7. The number of hydroxylamine groups is 2. The Morgan fingerprint density at radius 1 is 1.04 bits per heavy atom. The molecular formula is C23H26N2O2. The molecule has 0 saturated carbocycles. The maximum atomic E-state index is 6.05. The molecule has 0 spiro atoms. The molecule has 0 N–H and O–H groups in total. The number of allylic oxidation sites excluding steroid dienone is 1. The lowest BCUT2D eigenvalue weighted by molar-refractivity contribution is -0.107. The van der Waals surface area contributed by atoms with Crippen molar-refractivity contribution < 1.29 is 9.57 Å². The zero-order valence-electron chi connectivity index (χ0n) is 16.0. The Hall–Kier alpha value is -2.56. The van der Waals surface area contributed by atoms with Gasteiger partial charge in [0.15, 0.2) is 0 Å². The van der Waals surface area contributed by atoms with E-state index in [2.05, 4.69) is 61.6 Å². The zero-order chi connectivity index (χ0) is 18.6. The molecule has 0 radical (unpaired) electrons. The lowest BCUT2D eigenvalue weighted by atomic mass is 9.94. The average Bonchev–Trinajstić information content (AvgIpc) is 2.67. The van der Waals surface area contributed by atoms with Gasteiger partial charge in [-0.1, -0.05) is 48.5 Å². The molecule has 2 aromatic carbocycles. The van der Waals surface area contributed by atoms with Crippen molar-refractivity contribution in [3.05, 3.63) is 81.9 Å². The van der Waals surface area contributed by atoms with Gasteiger partial charge in [0.05, 0.1) is 13.2 Å². The Morgan fingerprint density at radius 3 is 2.70 bits per heavy atom. The fraction of sp³-hybridized carbons (Fsp3) is 0.304. The molecule has 1 aliphatic heterocycles. The van der Waals surface area contributed by atoms with Crippen LogP contribution in [0, 0.1) is 0 Å². The summed E-state index contributed by atoms with van der Waals surface area (Å²) in [7, 11) is 4.13. The summed E-state index contributed by atoms with van der Waals surface area (Å²) in [6, 6.07) is 16.7. The van der Waals surface area contributed by atoms with E-state index in [0.29, 0.717) is 13.2 Å². The number of hydrogen-bond donors (Lipinski definition) is 0. The van der Waals surface area contributed by atoms with Gasteiger partial charge >= 0.3 is 0 Å². The minimum Gasteiger partial charge on any atom is -0.496 e. The van der Waals surface area contributed by atoms with Crippen LogP contribution in [0.4, 0.5) is 0 Å². The topological polar surface area (TPSA) is 24.9 Å². The summed E-state index contributed by atoms with van der Waals surface area (Å²) in [5.74, 6) is 1.04. The molecule has 0 bridgehead atoms. The lowest BCUT2D eigenvalue weighted by Gasteiger charge is -2.27. The number of benzene rings is 2. The summed E-state index contributed by atoms with van der Waals surface area (Å²) in [4.78, 5) is 8.19. The largest absolute Gasteiger partial charge is 0.496 e. The van der Waals surface area contributed by atoms with Gasteiger partial charge in [-0.2, -0.15) is 0 Å². The van der Waals surface area contributed by atoms with Crippen molar-refractivity contribution >= 4 is 11.8 Å². The highest BCUT2D eigenvalue weighted by Crippen LogP contribution is 2.18. The van der Waals surface area contributed by atoms with Crippen molar-refractivity contribution in [3.8, 4) is 0 Å². The molecule has 1 aliphatic carbocycles.